The maximum atomic E-state index is 10.6. The molecule has 1 unspecified atom stereocenters. The highest BCUT2D eigenvalue weighted by molar-refractivity contribution is 5.48. The van der Waals surface area contributed by atoms with Gasteiger partial charge in [-0.05, 0) is 13.8 Å². The van der Waals surface area contributed by atoms with E-state index in [2.05, 4.69) is 10.2 Å². The number of carbonyl (C=O) groups excluding carboxylic acids is 1. The van der Waals surface area contributed by atoms with Gasteiger partial charge in [0.2, 0.25) is 6.41 Å². The van der Waals surface area contributed by atoms with E-state index >= 15 is 0 Å². The summed E-state index contributed by atoms with van der Waals surface area (Å²) >= 11 is 0. The normalized spacial score (nSPS) is 36.0. The standard InChI is InChI=1S/C7H11N3O3/c1-6(2)8-9-7(13-6)10(5-11)3-4-12-7/h5H,3-4H2,1-2H3. The summed E-state index contributed by atoms with van der Waals surface area (Å²) < 4.78 is 10.7. The minimum absolute atomic E-state index is 0.424. The lowest BCUT2D eigenvalue weighted by Gasteiger charge is -2.27. The lowest BCUT2D eigenvalue weighted by molar-refractivity contribution is -0.277. The Bertz CT molecular complexity index is 266. The van der Waals surface area contributed by atoms with Crippen molar-refractivity contribution in [3.05, 3.63) is 0 Å². The quantitative estimate of drug-likeness (QED) is 0.552. The molecule has 2 rings (SSSR count). The topological polar surface area (TPSA) is 63.5 Å². The smallest absolute Gasteiger partial charge is 0.310 e. The van der Waals surface area contributed by atoms with Crippen LogP contribution in [0, 0.1) is 0 Å². The van der Waals surface area contributed by atoms with E-state index in [-0.39, 0.29) is 0 Å². The predicted octanol–water partition coefficient (Wildman–Crippen LogP) is 0.305. The molecule has 2 heterocycles. The van der Waals surface area contributed by atoms with Crippen LogP contribution in [0.2, 0.25) is 0 Å². The zero-order valence-electron chi connectivity index (χ0n) is 7.56. The van der Waals surface area contributed by atoms with Gasteiger partial charge in [0.25, 0.3) is 0 Å². The van der Waals surface area contributed by atoms with Gasteiger partial charge in [0.1, 0.15) is 0 Å². The van der Waals surface area contributed by atoms with Crippen molar-refractivity contribution in [2.75, 3.05) is 13.2 Å². The van der Waals surface area contributed by atoms with Crippen molar-refractivity contribution >= 4 is 6.41 Å². The van der Waals surface area contributed by atoms with Crippen molar-refractivity contribution in [3.8, 4) is 0 Å². The zero-order chi connectivity index (χ0) is 9.53. The number of carbonyl (C=O) groups is 1. The van der Waals surface area contributed by atoms with Gasteiger partial charge < -0.3 is 4.74 Å². The molecule has 0 saturated carbocycles. The van der Waals surface area contributed by atoms with Crippen LogP contribution in [0.5, 0.6) is 0 Å². The van der Waals surface area contributed by atoms with E-state index in [1.165, 1.54) is 4.90 Å². The molecule has 0 N–H and O–H groups in total. The zero-order valence-corrected chi connectivity index (χ0v) is 7.56. The molecule has 13 heavy (non-hydrogen) atoms. The summed E-state index contributed by atoms with van der Waals surface area (Å²) in [5.41, 5.74) is -0.717. The van der Waals surface area contributed by atoms with Crippen molar-refractivity contribution in [2.24, 2.45) is 10.2 Å². The molecule has 1 atom stereocenters. The lowest BCUT2D eigenvalue weighted by Crippen LogP contribution is -2.45. The van der Waals surface area contributed by atoms with Crippen LogP contribution in [0.1, 0.15) is 13.8 Å². The SMILES string of the molecule is CC1(C)N=NC2(OCCN2C=O)O1. The van der Waals surface area contributed by atoms with Gasteiger partial charge >= 0.3 is 6.03 Å². The second-order valence-electron chi connectivity index (χ2n) is 3.44. The van der Waals surface area contributed by atoms with E-state index in [0.717, 1.165) is 0 Å². The molecule has 2 aliphatic rings. The molecule has 0 bridgehead atoms. The van der Waals surface area contributed by atoms with Gasteiger partial charge in [-0.15, -0.1) is 5.11 Å². The molecular formula is C7H11N3O3. The molecule has 1 spiro atoms. The van der Waals surface area contributed by atoms with Crippen LogP contribution in [-0.4, -0.2) is 36.2 Å². The first kappa shape index (κ1) is 8.58. The number of ether oxygens (including phenoxy) is 2. The minimum Gasteiger partial charge on any atom is -0.310 e. The highest BCUT2D eigenvalue weighted by atomic mass is 16.8. The van der Waals surface area contributed by atoms with E-state index in [1.54, 1.807) is 13.8 Å². The molecule has 1 fully saturated rings. The van der Waals surface area contributed by atoms with Crippen LogP contribution in [0.4, 0.5) is 0 Å². The maximum absolute atomic E-state index is 10.6. The Morgan fingerprint density at radius 2 is 2.23 bits per heavy atom. The number of amides is 1. The number of azo groups is 1. The fourth-order valence-corrected chi connectivity index (χ4v) is 1.34. The summed E-state index contributed by atoms with van der Waals surface area (Å²) in [6.07, 6.45) is 0.660. The first-order valence-corrected chi connectivity index (χ1v) is 4.08. The third-order valence-electron chi connectivity index (χ3n) is 1.91. The fourth-order valence-electron chi connectivity index (χ4n) is 1.34. The Balaban J connectivity index is 2.24. The fraction of sp³-hybridized carbons (Fsp3) is 0.857. The number of hydrogen-bond acceptors (Lipinski definition) is 5. The average Bonchev–Trinajstić information content (AvgIpc) is 2.57. The number of hydrogen-bond donors (Lipinski definition) is 0. The summed E-state index contributed by atoms with van der Waals surface area (Å²) in [5, 5.41) is 7.73. The lowest BCUT2D eigenvalue weighted by atomic mass is 10.3. The first-order valence-electron chi connectivity index (χ1n) is 4.08. The number of nitrogens with zero attached hydrogens (tertiary/aromatic N) is 3. The Labute approximate surface area is 75.5 Å². The molecule has 72 valence electrons. The van der Waals surface area contributed by atoms with Crippen LogP contribution < -0.4 is 0 Å². The Morgan fingerprint density at radius 1 is 1.46 bits per heavy atom. The molecule has 0 aromatic rings. The Hall–Kier alpha value is -1.01. The largest absolute Gasteiger partial charge is 0.382 e. The summed E-state index contributed by atoms with van der Waals surface area (Å²) in [6.45, 7) is 4.43. The summed E-state index contributed by atoms with van der Waals surface area (Å²) in [5.74, 6) is 0. The molecule has 0 aromatic heterocycles. The van der Waals surface area contributed by atoms with Crippen LogP contribution in [0.3, 0.4) is 0 Å². The second kappa shape index (κ2) is 2.49. The molecule has 1 saturated heterocycles. The monoisotopic (exact) mass is 185 g/mol. The molecule has 1 amide bonds. The number of rotatable bonds is 1. The van der Waals surface area contributed by atoms with E-state index in [4.69, 9.17) is 9.47 Å². The average molecular weight is 185 g/mol. The van der Waals surface area contributed by atoms with Gasteiger partial charge in [-0.2, -0.15) is 5.11 Å². The maximum Gasteiger partial charge on any atom is 0.382 e. The van der Waals surface area contributed by atoms with Gasteiger partial charge in [-0.25, -0.2) is 0 Å². The molecule has 2 aliphatic heterocycles. The van der Waals surface area contributed by atoms with Crippen molar-refractivity contribution in [1.29, 1.82) is 0 Å². The molecule has 6 heteroatoms. The van der Waals surface area contributed by atoms with Gasteiger partial charge in [0, 0.05) is 0 Å². The van der Waals surface area contributed by atoms with Crippen molar-refractivity contribution in [1.82, 2.24) is 4.90 Å². The molecule has 0 radical (unpaired) electrons. The van der Waals surface area contributed by atoms with Crippen LogP contribution in [0.25, 0.3) is 0 Å². The van der Waals surface area contributed by atoms with Gasteiger partial charge in [-0.1, -0.05) is 0 Å². The van der Waals surface area contributed by atoms with Crippen LogP contribution >= 0.6 is 0 Å². The highest BCUT2D eigenvalue weighted by Crippen LogP contribution is 2.36. The Morgan fingerprint density at radius 3 is 2.77 bits per heavy atom. The van der Waals surface area contributed by atoms with E-state index in [1.807, 2.05) is 0 Å². The summed E-state index contributed by atoms with van der Waals surface area (Å²) in [7, 11) is 0. The predicted molar refractivity (Wildman–Crippen MR) is 41.5 cm³/mol. The van der Waals surface area contributed by atoms with E-state index in [9.17, 15) is 4.79 Å². The molecular weight excluding hydrogens is 174 g/mol. The van der Waals surface area contributed by atoms with Gasteiger partial charge in [0.05, 0.1) is 13.2 Å². The highest BCUT2D eigenvalue weighted by Gasteiger charge is 2.52. The van der Waals surface area contributed by atoms with Crippen LogP contribution in [0.15, 0.2) is 10.2 Å². The Kier molecular flexibility index (Phi) is 1.64. The minimum atomic E-state index is -1.29. The first-order chi connectivity index (χ1) is 6.08. The van der Waals surface area contributed by atoms with E-state index in [0.29, 0.717) is 19.6 Å². The van der Waals surface area contributed by atoms with Gasteiger partial charge in [-0.3, -0.25) is 14.4 Å². The van der Waals surface area contributed by atoms with Crippen molar-refractivity contribution in [3.63, 3.8) is 0 Å². The van der Waals surface area contributed by atoms with Crippen molar-refractivity contribution < 1.29 is 14.3 Å². The molecule has 0 aliphatic carbocycles. The summed E-state index contributed by atoms with van der Waals surface area (Å²) in [6, 6.07) is -1.29. The molecule has 0 aromatic carbocycles. The van der Waals surface area contributed by atoms with Gasteiger partial charge in [0.15, 0.2) is 5.72 Å². The van der Waals surface area contributed by atoms with Crippen molar-refractivity contribution in [2.45, 2.75) is 25.6 Å². The summed E-state index contributed by atoms with van der Waals surface area (Å²) in [4.78, 5) is 12.0. The van der Waals surface area contributed by atoms with E-state index < -0.39 is 11.8 Å². The van der Waals surface area contributed by atoms with Crippen LogP contribution in [-0.2, 0) is 14.3 Å². The molecule has 6 nitrogen and oxygen atoms in total. The third-order valence-corrected chi connectivity index (χ3v) is 1.91. The second-order valence-corrected chi connectivity index (χ2v) is 3.44. The third kappa shape index (κ3) is 1.22.